The van der Waals surface area contributed by atoms with Gasteiger partial charge in [0.25, 0.3) is 10.0 Å². The van der Waals surface area contributed by atoms with Gasteiger partial charge in [-0.3, -0.25) is 0 Å². The maximum absolute atomic E-state index is 12.1. The van der Waals surface area contributed by atoms with Crippen LogP contribution in [-0.2, 0) is 16.6 Å². The van der Waals surface area contributed by atoms with E-state index in [0.717, 1.165) is 5.76 Å². The molecule has 0 aliphatic carbocycles. The van der Waals surface area contributed by atoms with Crippen LogP contribution >= 0.6 is 11.3 Å². The van der Waals surface area contributed by atoms with Gasteiger partial charge in [0.1, 0.15) is 15.7 Å². The Labute approximate surface area is 105 Å². The number of nitrogens with zero attached hydrogens (tertiary/aromatic N) is 1. The Kier molecular flexibility index (Phi) is 3.37. The van der Waals surface area contributed by atoms with Gasteiger partial charge in [0, 0.05) is 7.05 Å². The van der Waals surface area contributed by atoms with Crippen LogP contribution < -0.4 is 0 Å². The van der Waals surface area contributed by atoms with Crippen molar-refractivity contribution in [2.45, 2.75) is 17.7 Å². The smallest absolute Gasteiger partial charge is 0.252 e. The average molecular weight is 271 g/mol. The summed E-state index contributed by atoms with van der Waals surface area (Å²) in [4.78, 5) is 0. The summed E-state index contributed by atoms with van der Waals surface area (Å²) in [7, 11) is -1.84. The fourth-order valence-corrected chi connectivity index (χ4v) is 3.78. The van der Waals surface area contributed by atoms with E-state index in [-0.39, 0.29) is 6.54 Å². The number of rotatable bonds is 4. The molecule has 0 N–H and O–H groups in total. The first-order valence-corrected chi connectivity index (χ1v) is 7.37. The van der Waals surface area contributed by atoms with E-state index in [2.05, 4.69) is 0 Å². The van der Waals surface area contributed by atoms with Crippen LogP contribution in [0.5, 0.6) is 0 Å². The molecule has 2 rings (SSSR count). The predicted molar refractivity (Wildman–Crippen MR) is 66.4 cm³/mol. The van der Waals surface area contributed by atoms with Gasteiger partial charge in [-0.25, -0.2) is 8.42 Å². The van der Waals surface area contributed by atoms with Crippen molar-refractivity contribution in [1.82, 2.24) is 4.31 Å². The minimum absolute atomic E-state index is 0.244. The van der Waals surface area contributed by atoms with Gasteiger partial charge >= 0.3 is 0 Å². The van der Waals surface area contributed by atoms with Crippen LogP contribution in [0.25, 0.3) is 0 Å². The van der Waals surface area contributed by atoms with E-state index in [1.165, 1.54) is 15.6 Å². The fraction of sp³-hybridized carbons (Fsp3) is 0.273. The Balaban J connectivity index is 2.18. The van der Waals surface area contributed by atoms with E-state index in [4.69, 9.17) is 4.42 Å². The van der Waals surface area contributed by atoms with Gasteiger partial charge in [-0.05, 0) is 30.5 Å². The summed E-state index contributed by atoms with van der Waals surface area (Å²) in [6.07, 6.45) is 0. The quantitative estimate of drug-likeness (QED) is 0.858. The molecule has 0 spiro atoms. The van der Waals surface area contributed by atoms with Crippen molar-refractivity contribution in [3.8, 4) is 0 Å². The first kappa shape index (κ1) is 12.3. The third-order valence-electron chi connectivity index (χ3n) is 2.33. The molecule has 0 amide bonds. The number of sulfonamides is 1. The molecule has 4 nitrogen and oxygen atoms in total. The van der Waals surface area contributed by atoms with Crippen molar-refractivity contribution >= 4 is 21.4 Å². The van der Waals surface area contributed by atoms with Crippen LogP contribution in [-0.4, -0.2) is 19.8 Å². The van der Waals surface area contributed by atoms with E-state index >= 15 is 0 Å². The SMILES string of the molecule is Cc1ccc(CN(C)S(=O)(=O)c2cccs2)o1. The molecule has 92 valence electrons. The van der Waals surface area contributed by atoms with Crippen LogP contribution in [0.2, 0.25) is 0 Å². The summed E-state index contributed by atoms with van der Waals surface area (Å²) < 4.78 is 31.2. The van der Waals surface area contributed by atoms with Gasteiger partial charge in [-0.1, -0.05) is 6.07 Å². The number of hydrogen-bond acceptors (Lipinski definition) is 4. The fourth-order valence-electron chi connectivity index (χ4n) is 1.44. The number of hydrogen-bond donors (Lipinski definition) is 0. The Morgan fingerprint density at radius 3 is 2.65 bits per heavy atom. The normalized spacial score (nSPS) is 12.2. The third-order valence-corrected chi connectivity index (χ3v) is 5.51. The second-order valence-electron chi connectivity index (χ2n) is 3.71. The topological polar surface area (TPSA) is 50.5 Å². The Morgan fingerprint density at radius 1 is 1.35 bits per heavy atom. The molecule has 0 aliphatic heterocycles. The highest BCUT2D eigenvalue weighted by atomic mass is 32.2. The van der Waals surface area contributed by atoms with E-state index in [0.29, 0.717) is 9.97 Å². The summed E-state index contributed by atoms with van der Waals surface area (Å²) in [6.45, 7) is 2.07. The van der Waals surface area contributed by atoms with Crippen molar-refractivity contribution in [2.75, 3.05) is 7.05 Å². The maximum Gasteiger partial charge on any atom is 0.252 e. The second kappa shape index (κ2) is 4.64. The molecule has 0 aromatic carbocycles. The van der Waals surface area contributed by atoms with Crippen LogP contribution in [0.1, 0.15) is 11.5 Å². The Morgan fingerprint density at radius 2 is 2.12 bits per heavy atom. The molecule has 2 aromatic heterocycles. The lowest BCUT2D eigenvalue weighted by Crippen LogP contribution is -2.25. The number of thiophene rings is 1. The van der Waals surface area contributed by atoms with Crippen LogP contribution in [0, 0.1) is 6.92 Å². The van der Waals surface area contributed by atoms with Crippen molar-refractivity contribution in [3.63, 3.8) is 0 Å². The lowest BCUT2D eigenvalue weighted by molar-refractivity contribution is 0.398. The first-order valence-electron chi connectivity index (χ1n) is 5.05. The summed E-state index contributed by atoms with van der Waals surface area (Å²) in [5, 5.41) is 1.75. The van der Waals surface area contributed by atoms with Gasteiger partial charge in [0.15, 0.2) is 0 Å². The van der Waals surface area contributed by atoms with Gasteiger partial charge in [-0.2, -0.15) is 4.31 Å². The lowest BCUT2D eigenvalue weighted by Gasteiger charge is -2.14. The summed E-state index contributed by atoms with van der Waals surface area (Å²) in [5.41, 5.74) is 0. The molecule has 0 saturated heterocycles. The zero-order chi connectivity index (χ0) is 12.5. The summed E-state index contributed by atoms with van der Waals surface area (Å²) >= 11 is 1.21. The zero-order valence-electron chi connectivity index (χ0n) is 9.58. The number of furan rings is 1. The highest BCUT2D eigenvalue weighted by molar-refractivity contribution is 7.91. The van der Waals surface area contributed by atoms with Gasteiger partial charge in [-0.15, -0.1) is 11.3 Å². The van der Waals surface area contributed by atoms with E-state index < -0.39 is 10.0 Å². The Hall–Kier alpha value is -1.11. The molecule has 17 heavy (non-hydrogen) atoms. The molecule has 0 unspecified atom stereocenters. The zero-order valence-corrected chi connectivity index (χ0v) is 11.2. The molecule has 0 aliphatic rings. The second-order valence-corrected chi connectivity index (χ2v) is 6.92. The monoisotopic (exact) mass is 271 g/mol. The van der Waals surface area contributed by atoms with Crippen LogP contribution in [0.4, 0.5) is 0 Å². The molecule has 0 saturated carbocycles. The third kappa shape index (κ3) is 2.59. The first-order chi connectivity index (χ1) is 8.00. The molecule has 6 heteroatoms. The molecule has 0 radical (unpaired) electrons. The molecule has 0 bridgehead atoms. The highest BCUT2D eigenvalue weighted by Crippen LogP contribution is 2.21. The summed E-state index contributed by atoms with van der Waals surface area (Å²) in [6, 6.07) is 6.93. The maximum atomic E-state index is 12.1. The van der Waals surface area contributed by atoms with Crippen LogP contribution in [0.3, 0.4) is 0 Å². The molecular weight excluding hydrogens is 258 g/mol. The average Bonchev–Trinajstić information content (AvgIpc) is 2.89. The largest absolute Gasteiger partial charge is 0.465 e. The van der Waals surface area contributed by atoms with Crippen molar-refractivity contribution in [1.29, 1.82) is 0 Å². The van der Waals surface area contributed by atoms with E-state index in [1.54, 1.807) is 30.6 Å². The van der Waals surface area contributed by atoms with Crippen LogP contribution in [0.15, 0.2) is 38.3 Å². The minimum atomic E-state index is -3.39. The molecular formula is C11H13NO3S2. The van der Waals surface area contributed by atoms with Gasteiger partial charge < -0.3 is 4.42 Å². The molecule has 2 aromatic rings. The standard InChI is InChI=1S/C11H13NO3S2/c1-9-5-6-10(15-9)8-12(2)17(13,14)11-4-3-7-16-11/h3-7H,8H2,1-2H3. The van der Waals surface area contributed by atoms with Crippen molar-refractivity contribution < 1.29 is 12.8 Å². The van der Waals surface area contributed by atoms with Gasteiger partial charge in [0.05, 0.1) is 6.54 Å². The molecule has 2 heterocycles. The van der Waals surface area contributed by atoms with E-state index in [1.807, 2.05) is 13.0 Å². The number of aryl methyl sites for hydroxylation is 1. The Bertz CT molecular complexity index is 584. The minimum Gasteiger partial charge on any atom is -0.465 e. The lowest BCUT2D eigenvalue weighted by atomic mass is 10.4. The van der Waals surface area contributed by atoms with E-state index in [9.17, 15) is 8.42 Å². The van der Waals surface area contributed by atoms with Crippen molar-refractivity contribution in [2.24, 2.45) is 0 Å². The predicted octanol–water partition coefficient (Wildman–Crippen LogP) is 2.47. The summed E-state index contributed by atoms with van der Waals surface area (Å²) in [5.74, 6) is 1.42. The molecule has 0 fully saturated rings. The van der Waals surface area contributed by atoms with Crippen molar-refractivity contribution in [3.05, 3.63) is 41.2 Å². The highest BCUT2D eigenvalue weighted by Gasteiger charge is 2.22. The molecule has 0 atom stereocenters. The van der Waals surface area contributed by atoms with Gasteiger partial charge in [0.2, 0.25) is 0 Å².